The molecule has 1 aliphatic rings. The van der Waals surface area contributed by atoms with E-state index in [1.807, 2.05) is 35.2 Å². The van der Waals surface area contributed by atoms with Crippen molar-refractivity contribution >= 4 is 23.3 Å². The highest BCUT2D eigenvalue weighted by atomic mass is 16.2. The molecule has 4 rings (SSSR count). The second kappa shape index (κ2) is 9.21. The molecule has 8 nitrogen and oxygen atoms in total. The molecular formula is C22H24N6O2. The van der Waals surface area contributed by atoms with Gasteiger partial charge in [-0.1, -0.05) is 43.2 Å². The molecule has 1 aromatic heterocycles. The molecule has 3 amide bonds. The van der Waals surface area contributed by atoms with Gasteiger partial charge in [0.05, 0.1) is 0 Å². The Kier molecular flexibility index (Phi) is 6.03. The fraction of sp³-hybridized carbons (Fsp3) is 0.273. The standard InChI is InChI=1S/C22H24N6O2/c29-21(20-19(25-27-26-20)16-8-4-3-5-9-16)23-17-10-12-18(13-11-17)24-22(30)28-14-6-1-2-7-15-28/h3-5,8-13H,1-2,6-7,14-15H2,(H,23,29)(H,24,30)(H,25,26,27). The third kappa shape index (κ3) is 4.65. The second-order valence-electron chi connectivity index (χ2n) is 7.25. The number of hydrogen-bond acceptors (Lipinski definition) is 4. The number of aromatic amines is 1. The van der Waals surface area contributed by atoms with E-state index < -0.39 is 0 Å². The predicted octanol–water partition coefficient (Wildman–Crippen LogP) is 4.13. The van der Waals surface area contributed by atoms with Crippen molar-refractivity contribution in [2.45, 2.75) is 25.7 Å². The van der Waals surface area contributed by atoms with Crippen molar-refractivity contribution in [2.75, 3.05) is 23.7 Å². The Morgan fingerprint density at radius 2 is 1.43 bits per heavy atom. The molecule has 8 heteroatoms. The summed E-state index contributed by atoms with van der Waals surface area (Å²) in [6.45, 7) is 1.59. The summed E-state index contributed by atoms with van der Waals surface area (Å²) in [5.41, 5.74) is 2.82. The Hall–Kier alpha value is -3.68. The number of carbonyl (C=O) groups excluding carboxylic acids is 2. The van der Waals surface area contributed by atoms with Gasteiger partial charge in [-0.15, -0.1) is 0 Å². The van der Waals surface area contributed by atoms with Crippen LogP contribution in [0.25, 0.3) is 11.3 Å². The molecule has 0 unspecified atom stereocenters. The van der Waals surface area contributed by atoms with Crippen LogP contribution >= 0.6 is 0 Å². The zero-order chi connectivity index (χ0) is 20.8. The maximum Gasteiger partial charge on any atom is 0.321 e. The average molecular weight is 404 g/mol. The minimum Gasteiger partial charge on any atom is -0.325 e. The van der Waals surface area contributed by atoms with Crippen molar-refractivity contribution in [2.24, 2.45) is 0 Å². The van der Waals surface area contributed by atoms with E-state index in [0.29, 0.717) is 17.1 Å². The number of likely N-dealkylation sites (tertiary alicyclic amines) is 1. The summed E-state index contributed by atoms with van der Waals surface area (Å²) in [6, 6.07) is 16.4. The maximum absolute atomic E-state index is 12.7. The number of urea groups is 1. The molecule has 1 fully saturated rings. The van der Waals surface area contributed by atoms with Gasteiger partial charge < -0.3 is 15.5 Å². The topological polar surface area (TPSA) is 103 Å². The van der Waals surface area contributed by atoms with E-state index >= 15 is 0 Å². The third-order valence-electron chi connectivity index (χ3n) is 5.10. The molecule has 0 bridgehead atoms. The summed E-state index contributed by atoms with van der Waals surface area (Å²) in [6.07, 6.45) is 4.45. The highest BCUT2D eigenvalue weighted by Crippen LogP contribution is 2.21. The van der Waals surface area contributed by atoms with Gasteiger partial charge in [0.1, 0.15) is 5.69 Å². The number of anilines is 2. The first-order valence-electron chi connectivity index (χ1n) is 10.1. The number of nitrogens with zero attached hydrogens (tertiary/aromatic N) is 3. The average Bonchev–Trinajstić information content (AvgIpc) is 3.11. The van der Waals surface area contributed by atoms with E-state index in [1.165, 1.54) is 12.8 Å². The SMILES string of the molecule is O=C(Nc1ccc(NC(=O)N2CCCCCC2)cc1)c1n[nH]nc1-c1ccccc1. The number of aromatic nitrogens is 3. The van der Waals surface area contributed by atoms with Crippen LogP contribution in [0.5, 0.6) is 0 Å². The van der Waals surface area contributed by atoms with Crippen molar-refractivity contribution < 1.29 is 9.59 Å². The summed E-state index contributed by atoms with van der Waals surface area (Å²) < 4.78 is 0. The number of nitrogens with one attached hydrogen (secondary N) is 3. The second-order valence-corrected chi connectivity index (χ2v) is 7.25. The van der Waals surface area contributed by atoms with E-state index in [2.05, 4.69) is 26.0 Å². The van der Waals surface area contributed by atoms with Crippen LogP contribution in [0.15, 0.2) is 54.6 Å². The first-order valence-corrected chi connectivity index (χ1v) is 10.1. The Bertz CT molecular complexity index is 992. The molecule has 2 aromatic carbocycles. The number of H-pyrrole nitrogens is 1. The zero-order valence-electron chi connectivity index (χ0n) is 16.6. The lowest BCUT2D eigenvalue weighted by atomic mass is 10.1. The van der Waals surface area contributed by atoms with Crippen molar-refractivity contribution in [1.82, 2.24) is 20.3 Å². The minimum atomic E-state index is -0.357. The molecule has 0 radical (unpaired) electrons. The maximum atomic E-state index is 12.7. The van der Waals surface area contributed by atoms with E-state index in [1.54, 1.807) is 24.3 Å². The van der Waals surface area contributed by atoms with Crippen LogP contribution < -0.4 is 10.6 Å². The van der Waals surface area contributed by atoms with Gasteiger partial charge in [0.25, 0.3) is 5.91 Å². The molecule has 30 heavy (non-hydrogen) atoms. The highest BCUT2D eigenvalue weighted by Gasteiger charge is 2.18. The van der Waals surface area contributed by atoms with Gasteiger partial charge in [-0.25, -0.2) is 4.79 Å². The molecule has 2 heterocycles. The molecule has 3 aromatic rings. The lowest BCUT2D eigenvalue weighted by molar-refractivity contribution is 0.102. The van der Waals surface area contributed by atoms with Gasteiger partial charge in [-0.05, 0) is 37.1 Å². The Balaban J connectivity index is 1.39. The van der Waals surface area contributed by atoms with E-state index in [4.69, 9.17) is 0 Å². The van der Waals surface area contributed by atoms with E-state index in [0.717, 1.165) is 31.5 Å². The van der Waals surface area contributed by atoms with E-state index in [9.17, 15) is 9.59 Å². The predicted molar refractivity (Wildman–Crippen MR) is 115 cm³/mol. The molecule has 0 atom stereocenters. The monoisotopic (exact) mass is 404 g/mol. The quantitative estimate of drug-likeness (QED) is 0.608. The first-order chi connectivity index (χ1) is 14.7. The largest absolute Gasteiger partial charge is 0.325 e. The Morgan fingerprint density at radius 3 is 2.10 bits per heavy atom. The molecule has 154 valence electrons. The number of benzene rings is 2. The fourth-order valence-electron chi connectivity index (χ4n) is 3.49. The Morgan fingerprint density at radius 1 is 0.800 bits per heavy atom. The number of rotatable bonds is 4. The minimum absolute atomic E-state index is 0.0798. The summed E-state index contributed by atoms with van der Waals surface area (Å²) in [5, 5.41) is 16.4. The van der Waals surface area contributed by atoms with Gasteiger partial charge in [-0.3, -0.25) is 4.79 Å². The van der Waals surface area contributed by atoms with Crippen LogP contribution in [0, 0.1) is 0 Å². The normalized spacial score (nSPS) is 14.1. The van der Waals surface area contributed by atoms with Gasteiger partial charge >= 0.3 is 6.03 Å². The summed E-state index contributed by atoms with van der Waals surface area (Å²) >= 11 is 0. The van der Waals surface area contributed by atoms with E-state index in [-0.39, 0.29) is 17.6 Å². The van der Waals surface area contributed by atoms with Crippen LogP contribution in [-0.4, -0.2) is 45.3 Å². The van der Waals surface area contributed by atoms with Gasteiger partial charge in [0.2, 0.25) is 0 Å². The Labute approximate surface area is 174 Å². The number of carbonyl (C=O) groups is 2. The molecular weight excluding hydrogens is 380 g/mol. The van der Waals surface area contributed by atoms with Crippen LogP contribution in [0.1, 0.15) is 36.2 Å². The summed E-state index contributed by atoms with van der Waals surface area (Å²) in [4.78, 5) is 27.0. The van der Waals surface area contributed by atoms with Gasteiger partial charge in [0, 0.05) is 30.0 Å². The fourth-order valence-corrected chi connectivity index (χ4v) is 3.49. The van der Waals surface area contributed by atoms with Crippen molar-refractivity contribution in [3.8, 4) is 11.3 Å². The molecule has 0 aliphatic carbocycles. The van der Waals surface area contributed by atoms with Crippen LogP contribution in [0.4, 0.5) is 16.2 Å². The molecule has 1 saturated heterocycles. The van der Waals surface area contributed by atoms with Crippen LogP contribution in [0.2, 0.25) is 0 Å². The molecule has 0 saturated carbocycles. The third-order valence-corrected chi connectivity index (χ3v) is 5.10. The number of amides is 3. The van der Waals surface area contributed by atoms with Crippen LogP contribution in [0.3, 0.4) is 0 Å². The molecule has 0 spiro atoms. The van der Waals surface area contributed by atoms with Gasteiger partial charge in [0.15, 0.2) is 5.69 Å². The van der Waals surface area contributed by atoms with Crippen molar-refractivity contribution in [1.29, 1.82) is 0 Å². The number of hydrogen-bond donors (Lipinski definition) is 3. The first kappa shape index (κ1) is 19.6. The summed E-state index contributed by atoms with van der Waals surface area (Å²) in [7, 11) is 0. The lowest BCUT2D eigenvalue weighted by Crippen LogP contribution is -2.35. The van der Waals surface area contributed by atoms with Gasteiger partial charge in [-0.2, -0.15) is 15.4 Å². The highest BCUT2D eigenvalue weighted by molar-refractivity contribution is 6.06. The lowest BCUT2D eigenvalue weighted by Gasteiger charge is -2.20. The molecule has 3 N–H and O–H groups in total. The molecule has 1 aliphatic heterocycles. The smallest absolute Gasteiger partial charge is 0.321 e. The van der Waals surface area contributed by atoms with Crippen molar-refractivity contribution in [3.05, 3.63) is 60.3 Å². The van der Waals surface area contributed by atoms with Crippen molar-refractivity contribution in [3.63, 3.8) is 0 Å². The zero-order valence-corrected chi connectivity index (χ0v) is 16.6. The summed E-state index contributed by atoms with van der Waals surface area (Å²) in [5.74, 6) is -0.357. The van der Waals surface area contributed by atoms with Crippen LogP contribution in [-0.2, 0) is 0 Å².